The van der Waals surface area contributed by atoms with Crippen LogP contribution >= 0.6 is 0 Å². The minimum atomic E-state index is -1.22. The lowest BCUT2D eigenvalue weighted by molar-refractivity contribution is -0.148. The number of methoxy groups -OCH3 is 1. The predicted octanol–water partition coefficient (Wildman–Crippen LogP) is 4.44. The van der Waals surface area contributed by atoms with E-state index in [4.69, 9.17) is 4.74 Å². The van der Waals surface area contributed by atoms with E-state index in [0.29, 0.717) is 22.7 Å². The molecule has 3 N–H and O–H groups in total. The summed E-state index contributed by atoms with van der Waals surface area (Å²) in [5.74, 6) is -1.09. The number of nitrogens with zero attached hydrogens (tertiary/aromatic N) is 2. The number of nitrogens with one attached hydrogen (secondary N) is 2. The molecule has 0 bridgehead atoms. The molecule has 2 fully saturated rings. The van der Waals surface area contributed by atoms with Gasteiger partial charge in [-0.15, -0.1) is 0 Å². The molecular formula is C27H32N4O6. The highest BCUT2D eigenvalue weighted by Crippen LogP contribution is 2.38. The van der Waals surface area contributed by atoms with Gasteiger partial charge < -0.3 is 25.4 Å². The van der Waals surface area contributed by atoms with Gasteiger partial charge in [-0.25, -0.2) is 19.3 Å². The highest BCUT2D eigenvalue weighted by atomic mass is 16.5. The minimum Gasteiger partial charge on any atom is -0.495 e. The number of aliphatic carboxylic acids is 1. The van der Waals surface area contributed by atoms with Crippen LogP contribution in [-0.2, 0) is 16.1 Å². The molecule has 0 radical (unpaired) electrons. The maximum atomic E-state index is 13.3. The molecule has 4 rings (SSSR count). The molecule has 2 aliphatic rings. The third-order valence-corrected chi connectivity index (χ3v) is 6.95. The quantitative estimate of drug-likeness (QED) is 0.430. The van der Waals surface area contributed by atoms with Crippen LogP contribution in [0, 0.1) is 12.8 Å². The molecule has 1 atom stereocenters. The van der Waals surface area contributed by atoms with Crippen molar-refractivity contribution in [1.29, 1.82) is 0 Å². The van der Waals surface area contributed by atoms with Crippen LogP contribution in [0.1, 0.15) is 44.2 Å². The molecule has 10 nitrogen and oxygen atoms in total. The molecule has 2 aromatic rings. The zero-order valence-corrected chi connectivity index (χ0v) is 21.4. The van der Waals surface area contributed by atoms with Gasteiger partial charge in [0, 0.05) is 12.2 Å². The molecule has 0 unspecified atom stereocenters. The Balaban J connectivity index is 1.50. The highest BCUT2D eigenvalue weighted by Gasteiger charge is 2.55. The summed E-state index contributed by atoms with van der Waals surface area (Å²) in [5.41, 5.74) is 1.47. The average molecular weight is 509 g/mol. The van der Waals surface area contributed by atoms with Gasteiger partial charge >= 0.3 is 18.0 Å². The maximum Gasteiger partial charge on any atom is 0.328 e. The van der Waals surface area contributed by atoms with E-state index in [9.17, 15) is 24.3 Å². The summed E-state index contributed by atoms with van der Waals surface area (Å²) >= 11 is 0. The van der Waals surface area contributed by atoms with E-state index in [2.05, 4.69) is 10.6 Å². The number of carboxylic acid groups (broad SMARTS) is 1. The number of amides is 5. The summed E-state index contributed by atoms with van der Waals surface area (Å²) in [7, 11) is 1.47. The van der Waals surface area contributed by atoms with Crippen LogP contribution in [0.15, 0.2) is 42.5 Å². The molecule has 1 aliphatic carbocycles. The molecule has 1 saturated carbocycles. The Hall–Kier alpha value is -4.08. The van der Waals surface area contributed by atoms with Crippen LogP contribution in [0.25, 0.3) is 0 Å². The van der Waals surface area contributed by atoms with Crippen LogP contribution in [0.4, 0.5) is 21.0 Å². The van der Waals surface area contributed by atoms with Crippen molar-refractivity contribution in [3.8, 4) is 5.75 Å². The van der Waals surface area contributed by atoms with Gasteiger partial charge in [0.15, 0.2) is 0 Å². The van der Waals surface area contributed by atoms with Crippen LogP contribution < -0.4 is 15.4 Å². The summed E-state index contributed by atoms with van der Waals surface area (Å²) in [5, 5.41) is 15.3. The van der Waals surface area contributed by atoms with Crippen molar-refractivity contribution in [3.05, 3.63) is 53.6 Å². The normalized spacial score (nSPS) is 17.5. The van der Waals surface area contributed by atoms with Crippen LogP contribution in [0.3, 0.4) is 0 Å². The third-order valence-electron chi connectivity index (χ3n) is 6.95. The van der Waals surface area contributed by atoms with E-state index in [1.807, 2.05) is 25.1 Å². The first-order chi connectivity index (χ1) is 17.5. The Labute approximate surface area is 215 Å². The number of hydrogen-bond acceptors (Lipinski definition) is 5. The van der Waals surface area contributed by atoms with E-state index in [1.54, 1.807) is 38.1 Å². The van der Waals surface area contributed by atoms with Crippen molar-refractivity contribution in [1.82, 2.24) is 9.80 Å². The minimum absolute atomic E-state index is 0.0654. The maximum absolute atomic E-state index is 13.3. The average Bonchev–Trinajstić information content (AvgIpc) is 3.65. The standard InChI is InChI=1S/C27H32N4O6/c1-16-7-5-6-8-19(16)28-25(35)29-20-12-11-18(14-22(20)37-4)15-30-26(36)31(24(34)27(30,2)3)21(23(32)33)13-17-9-10-17/h5-8,11-12,14,17,21H,9-10,13,15H2,1-4H3,(H,32,33)(H2,28,29,35)/t21-/m0/s1. The Morgan fingerprint density at radius 2 is 1.78 bits per heavy atom. The van der Waals surface area contributed by atoms with Gasteiger partial charge in [-0.1, -0.05) is 37.1 Å². The second kappa shape index (κ2) is 10.1. The second-order valence-electron chi connectivity index (χ2n) is 10.1. The van der Waals surface area contributed by atoms with E-state index in [-0.39, 0.29) is 18.9 Å². The number of anilines is 2. The Morgan fingerprint density at radius 1 is 1.11 bits per heavy atom. The SMILES string of the molecule is COc1cc(CN2C(=O)N([C@@H](CC3CC3)C(=O)O)C(=O)C2(C)C)ccc1NC(=O)Nc1ccccc1C. The van der Waals surface area contributed by atoms with Crippen molar-refractivity contribution in [3.63, 3.8) is 0 Å². The fourth-order valence-corrected chi connectivity index (χ4v) is 4.50. The number of ether oxygens (including phenoxy) is 1. The first-order valence-corrected chi connectivity index (χ1v) is 12.2. The first-order valence-electron chi connectivity index (χ1n) is 12.2. The van der Waals surface area contributed by atoms with Gasteiger partial charge in [-0.2, -0.15) is 0 Å². The molecular weight excluding hydrogens is 476 g/mol. The van der Waals surface area contributed by atoms with E-state index in [1.165, 1.54) is 12.0 Å². The number of para-hydroxylation sites is 1. The van der Waals surface area contributed by atoms with Gasteiger partial charge in [-0.05, 0) is 62.4 Å². The molecule has 5 amide bonds. The summed E-state index contributed by atoms with van der Waals surface area (Å²) in [6, 6.07) is 10.2. The van der Waals surface area contributed by atoms with Crippen molar-refractivity contribution < 1.29 is 29.0 Å². The topological polar surface area (TPSA) is 128 Å². The summed E-state index contributed by atoms with van der Waals surface area (Å²) in [6.45, 7) is 5.19. The predicted molar refractivity (Wildman–Crippen MR) is 137 cm³/mol. The number of carbonyl (C=O) groups is 4. The smallest absolute Gasteiger partial charge is 0.328 e. The van der Waals surface area contributed by atoms with Gasteiger partial charge in [0.2, 0.25) is 0 Å². The number of benzene rings is 2. The van der Waals surface area contributed by atoms with Gasteiger partial charge in [0.25, 0.3) is 5.91 Å². The van der Waals surface area contributed by atoms with Crippen LogP contribution in [-0.4, -0.2) is 57.5 Å². The van der Waals surface area contributed by atoms with E-state index < -0.39 is 35.5 Å². The zero-order valence-electron chi connectivity index (χ0n) is 21.4. The molecule has 0 spiro atoms. The van der Waals surface area contributed by atoms with Crippen molar-refractivity contribution >= 4 is 35.3 Å². The second-order valence-corrected chi connectivity index (χ2v) is 10.1. The Kier molecular flexibility index (Phi) is 7.11. The van der Waals surface area contributed by atoms with E-state index >= 15 is 0 Å². The molecule has 1 aliphatic heterocycles. The van der Waals surface area contributed by atoms with Crippen molar-refractivity contribution in [2.75, 3.05) is 17.7 Å². The molecule has 2 aromatic carbocycles. The molecule has 0 aromatic heterocycles. The molecule has 1 saturated heterocycles. The highest BCUT2D eigenvalue weighted by molar-refractivity contribution is 6.09. The lowest BCUT2D eigenvalue weighted by atomic mass is 10.0. The number of rotatable bonds is 9. The third kappa shape index (κ3) is 5.37. The number of imide groups is 1. The van der Waals surface area contributed by atoms with E-state index in [0.717, 1.165) is 23.3 Å². The Bertz CT molecular complexity index is 1240. The Morgan fingerprint density at radius 3 is 2.41 bits per heavy atom. The lowest BCUT2D eigenvalue weighted by Crippen LogP contribution is -2.47. The molecule has 196 valence electrons. The molecule has 1 heterocycles. The monoisotopic (exact) mass is 508 g/mol. The van der Waals surface area contributed by atoms with Gasteiger partial charge in [0.1, 0.15) is 17.3 Å². The summed E-state index contributed by atoms with van der Waals surface area (Å²) in [6.07, 6.45) is 2.10. The first kappa shape index (κ1) is 26.0. The van der Waals surface area contributed by atoms with Crippen LogP contribution in [0.5, 0.6) is 5.75 Å². The summed E-state index contributed by atoms with van der Waals surface area (Å²) in [4.78, 5) is 53.3. The fourth-order valence-electron chi connectivity index (χ4n) is 4.50. The fraction of sp³-hybridized carbons (Fsp3) is 0.407. The number of carbonyl (C=O) groups excluding carboxylic acids is 3. The number of aryl methyl sites for hydroxylation is 1. The lowest BCUT2D eigenvalue weighted by Gasteiger charge is -2.28. The van der Waals surface area contributed by atoms with Crippen molar-refractivity contribution in [2.24, 2.45) is 5.92 Å². The summed E-state index contributed by atoms with van der Waals surface area (Å²) < 4.78 is 5.47. The molecule has 10 heteroatoms. The molecule has 37 heavy (non-hydrogen) atoms. The number of urea groups is 2. The van der Waals surface area contributed by atoms with Crippen LogP contribution in [0.2, 0.25) is 0 Å². The van der Waals surface area contributed by atoms with Gasteiger partial charge in [0.05, 0.1) is 12.8 Å². The number of hydrogen-bond donors (Lipinski definition) is 3. The number of carboxylic acids is 1. The largest absolute Gasteiger partial charge is 0.495 e. The van der Waals surface area contributed by atoms with Gasteiger partial charge in [-0.3, -0.25) is 4.79 Å². The zero-order chi connectivity index (χ0) is 26.9. The van der Waals surface area contributed by atoms with Crippen molar-refractivity contribution in [2.45, 2.75) is 58.2 Å².